The van der Waals surface area contributed by atoms with Crippen LogP contribution in [-0.2, 0) is 35.1 Å². The van der Waals surface area contributed by atoms with Gasteiger partial charge in [0.25, 0.3) is 0 Å². The van der Waals surface area contributed by atoms with E-state index in [4.69, 9.17) is 29.2 Å². The summed E-state index contributed by atoms with van der Waals surface area (Å²) < 4.78 is 29.4. The molecule has 30 heavy (non-hydrogen) atoms. The summed E-state index contributed by atoms with van der Waals surface area (Å²) in [7, 11) is 0. The zero-order chi connectivity index (χ0) is 21.9. The fraction of sp³-hybridized carbons (Fsp3) is 0.667. The number of nitrogens with zero attached hydrogens (tertiary/aromatic N) is 3. The quantitative estimate of drug-likeness (QED) is 0.288. The van der Waals surface area contributed by atoms with Gasteiger partial charge in [0.05, 0.1) is 12.0 Å². The van der Waals surface area contributed by atoms with Crippen molar-refractivity contribution in [1.82, 2.24) is 0 Å². The van der Waals surface area contributed by atoms with Crippen LogP contribution in [0.25, 0.3) is 10.4 Å². The predicted molar refractivity (Wildman–Crippen MR) is 107 cm³/mol. The molecule has 0 bridgehead atoms. The summed E-state index contributed by atoms with van der Waals surface area (Å²) >= 11 is 0. The van der Waals surface area contributed by atoms with Gasteiger partial charge in [-0.15, -0.1) is 0 Å². The highest BCUT2D eigenvalue weighted by Crippen LogP contribution is 2.40. The molecule has 2 heterocycles. The van der Waals surface area contributed by atoms with E-state index in [1.165, 1.54) is 0 Å². The van der Waals surface area contributed by atoms with Crippen LogP contribution in [0.5, 0.6) is 0 Å². The third-order valence-electron chi connectivity index (χ3n) is 4.89. The molecule has 0 radical (unpaired) electrons. The Bertz CT molecular complexity index is 788. The van der Waals surface area contributed by atoms with Crippen molar-refractivity contribution in [2.75, 3.05) is 6.61 Å². The molecule has 0 aromatic heterocycles. The third kappa shape index (κ3) is 5.30. The number of carbonyl (C=O) groups is 1. The summed E-state index contributed by atoms with van der Waals surface area (Å²) in [6.07, 6.45) is -2.42. The van der Waals surface area contributed by atoms with Crippen molar-refractivity contribution in [2.45, 2.75) is 77.7 Å². The average molecular weight is 419 g/mol. The van der Waals surface area contributed by atoms with Crippen molar-refractivity contribution < 1.29 is 28.5 Å². The summed E-state index contributed by atoms with van der Waals surface area (Å²) in [6, 6.07) is 8.90. The summed E-state index contributed by atoms with van der Waals surface area (Å²) in [6.45, 7) is 9.06. The average Bonchev–Trinajstić information content (AvgIpc) is 3.14. The molecule has 2 aliphatic heterocycles. The lowest BCUT2D eigenvalue weighted by molar-refractivity contribution is -0.222. The van der Waals surface area contributed by atoms with Gasteiger partial charge in [0.15, 0.2) is 12.1 Å². The minimum atomic E-state index is -0.818. The number of azide groups is 1. The Morgan fingerprint density at radius 3 is 2.60 bits per heavy atom. The van der Waals surface area contributed by atoms with Crippen LogP contribution in [0.15, 0.2) is 35.4 Å². The molecule has 2 saturated heterocycles. The standard InChI is InChI=1S/C21H29N3O6/c1-20(2,3)19(25)27-12-14(23-24-22)15-16(26-11-13-9-7-6-8-10-13)17-18(28-15)30-21(4,5)29-17/h6-10,14-18H,11-12H2,1-5H3/t14?,15-,16?,17?,18-/m1/s1. The first-order valence-electron chi connectivity index (χ1n) is 9.99. The number of hydrogen-bond acceptors (Lipinski definition) is 7. The summed E-state index contributed by atoms with van der Waals surface area (Å²) in [4.78, 5) is 15.1. The maximum atomic E-state index is 12.2. The summed E-state index contributed by atoms with van der Waals surface area (Å²) in [5.41, 5.74) is 9.37. The number of ether oxygens (including phenoxy) is 5. The van der Waals surface area contributed by atoms with E-state index in [-0.39, 0.29) is 6.61 Å². The van der Waals surface area contributed by atoms with Gasteiger partial charge >= 0.3 is 5.97 Å². The fourth-order valence-corrected chi connectivity index (χ4v) is 3.41. The molecule has 3 rings (SSSR count). The monoisotopic (exact) mass is 419 g/mol. The second kappa shape index (κ2) is 8.91. The van der Waals surface area contributed by atoms with Crippen LogP contribution in [-0.4, -0.2) is 49.0 Å². The van der Waals surface area contributed by atoms with Crippen LogP contribution in [0.1, 0.15) is 40.2 Å². The van der Waals surface area contributed by atoms with E-state index in [9.17, 15) is 4.79 Å². The molecule has 0 amide bonds. The zero-order valence-corrected chi connectivity index (χ0v) is 18.0. The molecule has 0 N–H and O–H groups in total. The van der Waals surface area contributed by atoms with Crippen molar-refractivity contribution >= 4 is 5.97 Å². The number of rotatable bonds is 7. The van der Waals surface area contributed by atoms with Gasteiger partial charge < -0.3 is 23.7 Å². The number of hydrogen-bond donors (Lipinski definition) is 0. The van der Waals surface area contributed by atoms with Gasteiger partial charge in [0, 0.05) is 4.91 Å². The molecular formula is C21H29N3O6. The lowest BCUT2D eigenvalue weighted by Crippen LogP contribution is -2.44. The maximum Gasteiger partial charge on any atom is 0.311 e. The lowest BCUT2D eigenvalue weighted by Gasteiger charge is -2.29. The summed E-state index contributed by atoms with van der Waals surface area (Å²) in [5, 5.41) is 3.82. The molecule has 164 valence electrons. The highest BCUT2D eigenvalue weighted by Gasteiger charge is 2.57. The highest BCUT2D eigenvalue weighted by atomic mass is 16.8. The number of benzene rings is 1. The second-order valence-electron chi connectivity index (χ2n) is 8.95. The van der Waals surface area contributed by atoms with Crippen molar-refractivity contribution in [3.63, 3.8) is 0 Å². The molecule has 3 unspecified atom stereocenters. The number of carbonyl (C=O) groups excluding carboxylic acids is 1. The molecule has 0 saturated carbocycles. The van der Waals surface area contributed by atoms with E-state index in [0.29, 0.717) is 6.61 Å². The molecule has 9 heteroatoms. The first kappa shape index (κ1) is 22.5. The smallest absolute Gasteiger partial charge is 0.311 e. The van der Waals surface area contributed by atoms with Gasteiger partial charge in [0.1, 0.15) is 31.0 Å². The Kier molecular flexibility index (Phi) is 6.69. The predicted octanol–water partition coefficient (Wildman–Crippen LogP) is 3.72. The zero-order valence-electron chi connectivity index (χ0n) is 18.0. The lowest BCUT2D eigenvalue weighted by atomic mass is 9.97. The molecule has 1 aromatic carbocycles. The Hall–Kier alpha value is -2.16. The maximum absolute atomic E-state index is 12.2. The van der Waals surface area contributed by atoms with E-state index in [0.717, 1.165) is 5.56 Å². The van der Waals surface area contributed by atoms with Gasteiger partial charge in [-0.05, 0) is 45.7 Å². The van der Waals surface area contributed by atoms with Gasteiger partial charge in [-0.1, -0.05) is 35.4 Å². The van der Waals surface area contributed by atoms with E-state index in [2.05, 4.69) is 10.0 Å². The first-order valence-corrected chi connectivity index (χ1v) is 9.99. The normalized spacial score (nSPS) is 28.4. The SMILES string of the molecule is CC1(C)OC2C(OCc3ccccc3)[C@@H](C(COC(=O)C(C)(C)C)N=[N+]=[N-])O[C@@H]2O1. The molecule has 2 aliphatic rings. The Balaban J connectivity index is 1.76. The topological polar surface area (TPSA) is 112 Å². The van der Waals surface area contributed by atoms with Gasteiger partial charge in [0.2, 0.25) is 0 Å². The van der Waals surface area contributed by atoms with Crippen molar-refractivity contribution in [1.29, 1.82) is 0 Å². The minimum Gasteiger partial charge on any atom is -0.465 e. The molecule has 0 spiro atoms. The van der Waals surface area contributed by atoms with Crippen molar-refractivity contribution in [3.05, 3.63) is 46.3 Å². The van der Waals surface area contributed by atoms with E-state index in [1.54, 1.807) is 34.6 Å². The fourth-order valence-electron chi connectivity index (χ4n) is 3.41. The van der Waals surface area contributed by atoms with Gasteiger partial charge in [-0.3, -0.25) is 4.79 Å². The van der Waals surface area contributed by atoms with Gasteiger partial charge in [-0.2, -0.15) is 0 Å². The Morgan fingerprint density at radius 1 is 1.27 bits per heavy atom. The highest BCUT2D eigenvalue weighted by molar-refractivity contribution is 5.75. The van der Waals surface area contributed by atoms with Crippen molar-refractivity contribution in [2.24, 2.45) is 10.5 Å². The summed E-state index contributed by atoms with van der Waals surface area (Å²) in [5.74, 6) is -1.21. The van der Waals surface area contributed by atoms with Crippen molar-refractivity contribution in [3.8, 4) is 0 Å². The first-order chi connectivity index (χ1) is 14.1. The Morgan fingerprint density at radius 2 is 1.97 bits per heavy atom. The molecule has 5 atom stereocenters. The molecular weight excluding hydrogens is 390 g/mol. The molecule has 2 fully saturated rings. The van der Waals surface area contributed by atoms with Crippen LogP contribution in [0.2, 0.25) is 0 Å². The largest absolute Gasteiger partial charge is 0.465 e. The number of esters is 1. The van der Waals surface area contributed by atoms with Crippen LogP contribution in [0, 0.1) is 5.41 Å². The van der Waals surface area contributed by atoms with Crippen LogP contribution in [0.3, 0.4) is 0 Å². The van der Waals surface area contributed by atoms with E-state index >= 15 is 0 Å². The molecule has 1 aromatic rings. The third-order valence-corrected chi connectivity index (χ3v) is 4.89. The molecule has 0 aliphatic carbocycles. The number of fused-ring (bicyclic) bond motifs is 1. The second-order valence-corrected chi connectivity index (χ2v) is 8.95. The van der Waals surface area contributed by atoms with Crippen LogP contribution >= 0.6 is 0 Å². The van der Waals surface area contributed by atoms with Crippen LogP contribution in [0.4, 0.5) is 0 Å². The van der Waals surface area contributed by atoms with E-state index < -0.39 is 47.8 Å². The van der Waals surface area contributed by atoms with Gasteiger partial charge in [-0.25, -0.2) is 0 Å². The van der Waals surface area contributed by atoms with E-state index in [1.807, 2.05) is 30.3 Å². The minimum absolute atomic E-state index is 0.126. The molecule has 9 nitrogen and oxygen atoms in total. The van der Waals surface area contributed by atoms with Crippen LogP contribution < -0.4 is 0 Å². The Labute approximate surface area is 176 Å².